The molecule has 1 N–H and O–H groups in total. The Bertz CT molecular complexity index is 1080. The first-order chi connectivity index (χ1) is 15.6. The standard InChI is InChI=1S/C24H28F3N5O/c1-23(2)7-9-31(15-23)14-21(33)30-18-10-17(24(25,26)27)12-32(13-18)20-6-5-16(11-28)22-19(20)4-3-8-29-22/h3-6,8,17-18H,7,9-10,12-15H2,1-2H3,(H,30,33). The maximum Gasteiger partial charge on any atom is 0.393 e. The van der Waals surface area contributed by atoms with Gasteiger partial charge in [0, 0.05) is 42.9 Å². The first kappa shape index (κ1) is 23.3. The molecule has 4 rings (SSSR count). The van der Waals surface area contributed by atoms with Crippen molar-refractivity contribution in [3.8, 4) is 6.07 Å². The highest BCUT2D eigenvalue weighted by atomic mass is 19.4. The molecule has 3 heterocycles. The van der Waals surface area contributed by atoms with Crippen LogP contribution in [0, 0.1) is 22.7 Å². The number of halogens is 3. The molecule has 0 radical (unpaired) electrons. The second kappa shape index (κ2) is 8.82. The molecule has 2 aliphatic heterocycles. The molecule has 2 aromatic rings. The number of carbonyl (C=O) groups excluding carboxylic acids is 1. The van der Waals surface area contributed by atoms with Crippen LogP contribution < -0.4 is 10.2 Å². The zero-order valence-corrected chi connectivity index (χ0v) is 18.8. The van der Waals surface area contributed by atoms with Crippen LogP contribution in [-0.4, -0.2) is 60.7 Å². The minimum absolute atomic E-state index is 0.147. The number of carbonyl (C=O) groups is 1. The molecule has 0 aliphatic carbocycles. The van der Waals surface area contributed by atoms with Crippen molar-refractivity contribution in [3.63, 3.8) is 0 Å². The molecule has 0 saturated carbocycles. The fourth-order valence-corrected chi connectivity index (χ4v) is 5.00. The second-order valence-electron chi connectivity index (χ2n) is 9.91. The van der Waals surface area contributed by atoms with E-state index in [1.807, 2.05) is 0 Å². The van der Waals surface area contributed by atoms with E-state index in [1.54, 1.807) is 35.4 Å². The van der Waals surface area contributed by atoms with Crippen LogP contribution >= 0.6 is 0 Å². The predicted octanol–water partition coefficient (Wildman–Crippen LogP) is 3.71. The molecule has 2 fully saturated rings. The Morgan fingerprint density at radius 2 is 2.09 bits per heavy atom. The van der Waals surface area contributed by atoms with Crippen molar-refractivity contribution in [1.29, 1.82) is 5.26 Å². The van der Waals surface area contributed by atoms with Gasteiger partial charge in [-0.25, -0.2) is 0 Å². The molecule has 2 aliphatic rings. The minimum atomic E-state index is -4.37. The third-order valence-corrected chi connectivity index (χ3v) is 6.61. The summed E-state index contributed by atoms with van der Waals surface area (Å²) < 4.78 is 41.4. The van der Waals surface area contributed by atoms with Gasteiger partial charge in [0.2, 0.25) is 5.91 Å². The van der Waals surface area contributed by atoms with Crippen LogP contribution in [0.5, 0.6) is 0 Å². The van der Waals surface area contributed by atoms with E-state index in [4.69, 9.17) is 0 Å². The number of anilines is 1. The molecule has 2 atom stereocenters. The number of aromatic nitrogens is 1. The lowest BCUT2D eigenvalue weighted by Gasteiger charge is -2.40. The first-order valence-electron chi connectivity index (χ1n) is 11.2. The fourth-order valence-electron chi connectivity index (χ4n) is 5.00. The van der Waals surface area contributed by atoms with Crippen molar-refractivity contribution < 1.29 is 18.0 Å². The van der Waals surface area contributed by atoms with Crippen LogP contribution in [0.25, 0.3) is 10.9 Å². The van der Waals surface area contributed by atoms with Gasteiger partial charge in [0.15, 0.2) is 0 Å². The summed E-state index contributed by atoms with van der Waals surface area (Å²) >= 11 is 0. The van der Waals surface area contributed by atoms with E-state index in [9.17, 15) is 23.2 Å². The number of hydrogen-bond acceptors (Lipinski definition) is 5. The molecule has 2 unspecified atom stereocenters. The normalized spacial score (nSPS) is 23.5. The average Bonchev–Trinajstić information content (AvgIpc) is 3.09. The summed E-state index contributed by atoms with van der Waals surface area (Å²) in [5.74, 6) is -1.81. The maximum absolute atomic E-state index is 13.8. The molecule has 6 nitrogen and oxygen atoms in total. The molecule has 0 bridgehead atoms. The Hall–Kier alpha value is -2.86. The summed E-state index contributed by atoms with van der Waals surface area (Å²) in [5.41, 5.74) is 1.57. The summed E-state index contributed by atoms with van der Waals surface area (Å²) in [5, 5.41) is 12.9. The van der Waals surface area contributed by atoms with Crippen molar-refractivity contribution >= 4 is 22.5 Å². The number of nitrogens with one attached hydrogen (secondary N) is 1. The molecular weight excluding hydrogens is 431 g/mol. The number of rotatable bonds is 4. The van der Waals surface area contributed by atoms with E-state index >= 15 is 0 Å². The number of piperidine rings is 1. The number of likely N-dealkylation sites (tertiary alicyclic amines) is 1. The quantitative estimate of drug-likeness (QED) is 0.755. The van der Waals surface area contributed by atoms with E-state index in [0.29, 0.717) is 22.2 Å². The van der Waals surface area contributed by atoms with E-state index in [1.165, 1.54) is 0 Å². The van der Waals surface area contributed by atoms with Crippen LogP contribution in [-0.2, 0) is 4.79 Å². The highest BCUT2D eigenvalue weighted by molar-refractivity contribution is 5.95. The number of hydrogen-bond donors (Lipinski definition) is 1. The summed E-state index contributed by atoms with van der Waals surface area (Å²) in [6, 6.07) is 8.18. The van der Waals surface area contributed by atoms with Gasteiger partial charge < -0.3 is 10.2 Å². The van der Waals surface area contributed by atoms with Gasteiger partial charge in [-0.3, -0.25) is 14.7 Å². The summed E-state index contributed by atoms with van der Waals surface area (Å²) in [6.07, 6.45) is -1.97. The lowest BCUT2D eigenvalue weighted by atomic mass is 9.92. The number of alkyl halides is 3. The second-order valence-corrected chi connectivity index (χ2v) is 9.91. The van der Waals surface area contributed by atoms with Gasteiger partial charge in [0.1, 0.15) is 6.07 Å². The van der Waals surface area contributed by atoms with Gasteiger partial charge in [0.05, 0.1) is 23.5 Å². The highest BCUT2D eigenvalue weighted by Crippen LogP contribution is 2.37. The lowest BCUT2D eigenvalue weighted by Crippen LogP contribution is -2.55. The Labute approximate surface area is 191 Å². The van der Waals surface area contributed by atoms with Crippen LogP contribution in [0.4, 0.5) is 18.9 Å². The predicted molar refractivity (Wildman–Crippen MR) is 120 cm³/mol. The number of amides is 1. The Morgan fingerprint density at radius 3 is 2.76 bits per heavy atom. The monoisotopic (exact) mass is 459 g/mol. The van der Waals surface area contributed by atoms with Crippen molar-refractivity contribution in [2.24, 2.45) is 11.3 Å². The molecule has 9 heteroatoms. The number of benzene rings is 1. The summed E-state index contributed by atoms with van der Waals surface area (Å²) in [7, 11) is 0. The molecular formula is C24H28F3N5O. The highest BCUT2D eigenvalue weighted by Gasteiger charge is 2.45. The van der Waals surface area contributed by atoms with E-state index in [2.05, 4.69) is 35.1 Å². The van der Waals surface area contributed by atoms with Crippen molar-refractivity contribution in [3.05, 3.63) is 36.0 Å². The molecule has 1 aromatic carbocycles. The number of nitriles is 1. The third kappa shape index (κ3) is 5.22. The molecule has 1 amide bonds. The SMILES string of the molecule is CC1(C)CCN(CC(=O)NC2CC(C(F)(F)F)CN(c3ccc(C#N)c4ncccc34)C2)C1. The third-order valence-electron chi connectivity index (χ3n) is 6.61. The maximum atomic E-state index is 13.8. The van der Waals surface area contributed by atoms with Gasteiger partial charge in [-0.15, -0.1) is 0 Å². The largest absolute Gasteiger partial charge is 0.393 e. The minimum Gasteiger partial charge on any atom is -0.368 e. The summed E-state index contributed by atoms with van der Waals surface area (Å²) in [4.78, 5) is 20.7. The number of fused-ring (bicyclic) bond motifs is 1. The van der Waals surface area contributed by atoms with E-state index in [0.717, 1.165) is 19.5 Å². The molecule has 2 saturated heterocycles. The van der Waals surface area contributed by atoms with Gasteiger partial charge in [-0.1, -0.05) is 13.8 Å². The van der Waals surface area contributed by atoms with Crippen LogP contribution in [0.15, 0.2) is 30.5 Å². The molecule has 176 valence electrons. The first-order valence-corrected chi connectivity index (χ1v) is 11.2. The Balaban J connectivity index is 1.55. The number of nitrogens with zero attached hydrogens (tertiary/aromatic N) is 4. The van der Waals surface area contributed by atoms with Crippen LogP contribution in [0.3, 0.4) is 0 Å². The zero-order valence-electron chi connectivity index (χ0n) is 18.8. The van der Waals surface area contributed by atoms with Gasteiger partial charge in [-0.05, 0) is 49.1 Å². The van der Waals surface area contributed by atoms with Gasteiger partial charge >= 0.3 is 6.18 Å². The molecule has 33 heavy (non-hydrogen) atoms. The van der Waals surface area contributed by atoms with Gasteiger partial charge in [0.25, 0.3) is 0 Å². The lowest BCUT2D eigenvalue weighted by molar-refractivity contribution is -0.178. The smallest absolute Gasteiger partial charge is 0.368 e. The van der Waals surface area contributed by atoms with Crippen molar-refractivity contribution in [1.82, 2.24) is 15.2 Å². The Morgan fingerprint density at radius 1 is 1.30 bits per heavy atom. The van der Waals surface area contributed by atoms with E-state index in [-0.39, 0.29) is 37.4 Å². The molecule has 1 aromatic heterocycles. The Kier molecular flexibility index (Phi) is 6.23. The van der Waals surface area contributed by atoms with Crippen LogP contribution in [0.2, 0.25) is 0 Å². The topological polar surface area (TPSA) is 72.3 Å². The number of pyridine rings is 1. The van der Waals surface area contributed by atoms with Crippen LogP contribution in [0.1, 0.15) is 32.3 Å². The van der Waals surface area contributed by atoms with Crippen molar-refractivity contribution in [2.45, 2.75) is 38.9 Å². The van der Waals surface area contributed by atoms with E-state index < -0.39 is 18.1 Å². The van der Waals surface area contributed by atoms with Gasteiger partial charge in [-0.2, -0.15) is 18.4 Å². The average molecular weight is 460 g/mol. The fraction of sp³-hybridized carbons (Fsp3) is 0.542. The summed E-state index contributed by atoms with van der Waals surface area (Å²) in [6.45, 7) is 6.16. The molecule has 0 spiro atoms. The zero-order chi connectivity index (χ0) is 23.8. The van der Waals surface area contributed by atoms with Crippen molar-refractivity contribution in [2.75, 3.05) is 37.6 Å².